The van der Waals surface area contributed by atoms with Gasteiger partial charge in [0.05, 0.1) is 4.92 Å². The molecule has 132 valence electrons. The zero-order chi connectivity index (χ0) is 17.9. The van der Waals surface area contributed by atoms with E-state index >= 15 is 0 Å². The normalized spacial score (nSPS) is 16.1. The van der Waals surface area contributed by atoms with Crippen LogP contribution in [0.5, 0.6) is 0 Å². The molecule has 0 saturated carbocycles. The van der Waals surface area contributed by atoms with Crippen LogP contribution < -0.4 is 4.90 Å². The van der Waals surface area contributed by atoms with Crippen molar-refractivity contribution >= 4 is 17.3 Å². The molecule has 0 N–H and O–H groups in total. The Morgan fingerprint density at radius 3 is 2.38 bits per heavy atom. The quantitative estimate of drug-likeness (QED) is 0.473. The third kappa shape index (κ3) is 4.65. The van der Waals surface area contributed by atoms with E-state index in [-0.39, 0.29) is 11.3 Å². The summed E-state index contributed by atoms with van der Waals surface area (Å²) >= 11 is 0. The van der Waals surface area contributed by atoms with E-state index in [1.807, 2.05) is 7.05 Å². The van der Waals surface area contributed by atoms with E-state index in [0.717, 1.165) is 31.9 Å². The van der Waals surface area contributed by atoms with E-state index in [2.05, 4.69) is 9.80 Å². The highest BCUT2D eigenvalue weighted by molar-refractivity contribution is 5.94. The lowest BCUT2D eigenvalue weighted by Gasteiger charge is -2.34. The number of hydrogen-bond donors (Lipinski definition) is 0. The van der Waals surface area contributed by atoms with Gasteiger partial charge in [-0.15, -0.1) is 0 Å². The largest absolute Gasteiger partial charge is 0.380 e. The van der Waals surface area contributed by atoms with Gasteiger partial charge in [0.2, 0.25) is 0 Å². The molecular weight excluding hydrogens is 314 g/mol. The first-order valence-corrected chi connectivity index (χ1v) is 7.79. The van der Waals surface area contributed by atoms with Gasteiger partial charge in [0.25, 0.3) is 5.69 Å². The van der Waals surface area contributed by atoms with Crippen LogP contribution in [-0.4, -0.2) is 54.6 Å². The molecule has 0 bridgehead atoms. The molecule has 0 amide bonds. The Morgan fingerprint density at radius 2 is 1.83 bits per heavy atom. The van der Waals surface area contributed by atoms with E-state index in [1.165, 1.54) is 12.1 Å². The number of nitro benzene ring substituents is 1. The van der Waals surface area contributed by atoms with Gasteiger partial charge in [0.1, 0.15) is 11.2 Å². The van der Waals surface area contributed by atoms with Crippen LogP contribution in [0.15, 0.2) is 18.2 Å². The highest BCUT2D eigenvalue weighted by atomic mass is 17.2. The van der Waals surface area contributed by atoms with E-state index in [4.69, 9.17) is 9.78 Å². The molecule has 0 aliphatic carbocycles. The van der Waals surface area contributed by atoms with Gasteiger partial charge in [-0.1, -0.05) is 0 Å². The predicted molar refractivity (Wildman–Crippen MR) is 89.1 cm³/mol. The van der Waals surface area contributed by atoms with Gasteiger partial charge >= 0.3 is 5.97 Å². The maximum atomic E-state index is 12.1. The molecule has 0 spiro atoms. The zero-order valence-electron chi connectivity index (χ0n) is 14.4. The first-order chi connectivity index (χ1) is 11.2. The molecule has 1 aromatic carbocycles. The Balaban J connectivity index is 2.20. The summed E-state index contributed by atoms with van der Waals surface area (Å²) in [5.74, 6) is -0.874. The summed E-state index contributed by atoms with van der Waals surface area (Å²) in [5.41, 5.74) is -0.372. The van der Waals surface area contributed by atoms with Crippen LogP contribution in [0.2, 0.25) is 0 Å². The summed E-state index contributed by atoms with van der Waals surface area (Å²) < 4.78 is 0. The summed E-state index contributed by atoms with van der Waals surface area (Å²) in [5, 5.41) is 11.3. The maximum Gasteiger partial charge on any atom is 0.380 e. The number of carbonyl (C=O) groups excluding carboxylic acids is 1. The van der Waals surface area contributed by atoms with Crippen molar-refractivity contribution in [2.45, 2.75) is 26.4 Å². The van der Waals surface area contributed by atoms with Crippen LogP contribution in [0.4, 0.5) is 11.4 Å². The van der Waals surface area contributed by atoms with Crippen LogP contribution in [0, 0.1) is 10.1 Å². The second-order valence-corrected chi connectivity index (χ2v) is 6.82. The van der Waals surface area contributed by atoms with Crippen LogP contribution in [0.3, 0.4) is 0 Å². The molecule has 1 aromatic rings. The number of nitro groups is 1. The Morgan fingerprint density at radius 1 is 1.21 bits per heavy atom. The number of likely N-dealkylation sites (N-methyl/N-ethyl adjacent to an activating group) is 1. The molecule has 24 heavy (non-hydrogen) atoms. The Bertz CT molecular complexity index is 619. The Labute approximate surface area is 141 Å². The molecule has 0 atom stereocenters. The lowest BCUT2D eigenvalue weighted by Crippen LogP contribution is -2.44. The minimum absolute atomic E-state index is 0.123. The number of hydrogen-bond acceptors (Lipinski definition) is 7. The lowest BCUT2D eigenvalue weighted by molar-refractivity contribution is -0.385. The molecule has 1 aliphatic heterocycles. The lowest BCUT2D eigenvalue weighted by atomic mass is 10.1. The highest BCUT2D eigenvalue weighted by Gasteiger charge is 2.26. The van der Waals surface area contributed by atoms with Crippen LogP contribution in [0.1, 0.15) is 31.1 Å². The molecule has 8 nitrogen and oxygen atoms in total. The summed E-state index contributed by atoms with van der Waals surface area (Å²) in [6, 6.07) is 4.53. The van der Waals surface area contributed by atoms with Crippen molar-refractivity contribution < 1.29 is 19.5 Å². The first kappa shape index (κ1) is 18.2. The molecule has 8 heteroatoms. The first-order valence-electron chi connectivity index (χ1n) is 7.79. The number of carbonyl (C=O) groups is 1. The smallest absolute Gasteiger partial charge is 0.369 e. The van der Waals surface area contributed by atoms with E-state index in [0.29, 0.717) is 0 Å². The third-order valence-electron chi connectivity index (χ3n) is 3.63. The summed E-state index contributed by atoms with van der Waals surface area (Å²) in [7, 11) is 2.04. The fourth-order valence-electron chi connectivity index (χ4n) is 2.31. The maximum absolute atomic E-state index is 12.1. The van der Waals surface area contributed by atoms with Gasteiger partial charge in [-0.05, 0) is 40.0 Å². The van der Waals surface area contributed by atoms with Gasteiger partial charge in [0, 0.05) is 37.9 Å². The van der Waals surface area contributed by atoms with Gasteiger partial charge in [-0.2, -0.15) is 4.89 Å². The highest BCUT2D eigenvalue weighted by Crippen LogP contribution is 2.27. The number of benzene rings is 1. The standard InChI is InChI=1S/C16H23N3O5/c1-16(2,3)24-23-15(20)13-6-5-12(11-14(13)19(21)22)18-9-7-17(4)8-10-18/h5-6,11H,7-10H2,1-4H3. The number of nitrogens with zero attached hydrogens (tertiary/aromatic N) is 3. The monoisotopic (exact) mass is 337 g/mol. The fourth-order valence-corrected chi connectivity index (χ4v) is 2.31. The number of piperazine rings is 1. The molecule has 0 aromatic heterocycles. The van der Waals surface area contributed by atoms with Crippen molar-refractivity contribution in [2.24, 2.45) is 0 Å². The number of anilines is 1. The predicted octanol–water partition coefficient (Wildman–Crippen LogP) is 2.23. The summed E-state index contributed by atoms with van der Waals surface area (Å²) in [6.07, 6.45) is 0. The molecule has 0 radical (unpaired) electrons. The van der Waals surface area contributed by atoms with Crippen LogP contribution in [-0.2, 0) is 9.78 Å². The average Bonchev–Trinajstić information content (AvgIpc) is 2.52. The minimum Gasteiger partial charge on any atom is -0.369 e. The summed E-state index contributed by atoms with van der Waals surface area (Å²) in [4.78, 5) is 36.8. The van der Waals surface area contributed by atoms with Crippen molar-refractivity contribution in [2.75, 3.05) is 38.1 Å². The fraction of sp³-hybridized carbons (Fsp3) is 0.562. The van der Waals surface area contributed by atoms with Crippen LogP contribution >= 0.6 is 0 Å². The summed E-state index contributed by atoms with van der Waals surface area (Å²) in [6.45, 7) is 8.48. The van der Waals surface area contributed by atoms with Gasteiger partial charge in [0.15, 0.2) is 0 Å². The molecule has 0 unspecified atom stereocenters. The Hall–Kier alpha value is -2.19. The van der Waals surface area contributed by atoms with Crippen molar-refractivity contribution in [1.29, 1.82) is 0 Å². The molecular formula is C16H23N3O5. The van der Waals surface area contributed by atoms with Crippen molar-refractivity contribution in [3.05, 3.63) is 33.9 Å². The topological polar surface area (TPSA) is 85.2 Å². The average molecular weight is 337 g/mol. The molecule has 1 fully saturated rings. The van der Waals surface area contributed by atoms with Gasteiger partial charge in [-0.25, -0.2) is 4.79 Å². The van der Waals surface area contributed by atoms with E-state index in [1.54, 1.807) is 26.8 Å². The Kier molecular flexibility index (Phi) is 5.40. The molecule has 1 aliphatic rings. The SMILES string of the molecule is CN1CCN(c2ccc(C(=O)OOC(C)(C)C)c([N+](=O)[O-])c2)CC1. The molecule has 2 rings (SSSR count). The van der Waals surface area contributed by atoms with Crippen molar-refractivity contribution in [3.8, 4) is 0 Å². The second kappa shape index (κ2) is 7.14. The van der Waals surface area contributed by atoms with Gasteiger partial charge < -0.3 is 9.80 Å². The third-order valence-corrected chi connectivity index (χ3v) is 3.63. The number of rotatable bonds is 4. The second-order valence-electron chi connectivity index (χ2n) is 6.82. The zero-order valence-corrected chi connectivity index (χ0v) is 14.4. The minimum atomic E-state index is -0.874. The van der Waals surface area contributed by atoms with E-state index in [9.17, 15) is 14.9 Å². The van der Waals surface area contributed by atoms with Crippen LogP contribution in [0.25, 0.3) is 0 Å². The van der Waals surface area contributed by atoms with E-state index < -0.39 is 16.5 Å². The van der Waals surface area contributed by atoms with Gasteiger partial charge in [-0.3, -0.25) is 15.0 Å². The molecule has 1 heterocycles. The molecule has 1 saturated heterocycles. The van der Waals surface area contributed by atoms with Crippen molar-refractivity contribution in [3.63, 3.8) is 0 Å². The van der Waals surface area contributed by atoms with Crippen molar-refractivity contribution in [1.82, 2.24) is 4.90 Å².